The summed E-state index contributed by atoms with van der Waals surface area (Å²) in [5.74, 6) is 0.204. The number of rotatable bonds is 4. The first-order valence-corrected chi connectivity index (χ1v) is 11.8. The number of guanidine groups is 1. The molecule has 166 valence electrons. The molecule has 0 unspecified atom stereocenters. The Hall–Kier alpha value is -2.49. The molecule has 1 aromatic rings. The summed E-state index contributed by atoms with van der Waals surface area (Å²) in [4.78, 5) is 19.9. The van der Waals surface area contributed by atoms with E-state index >= 15 is 0 Å². The molecule has 30 heavy (non-hydrogen) atoms. The molecule has 2 N–H and O–H groups in total. The highest BCUT2D eigenvalue weighted by molar-refractivity contribution is 7.92. The van der Waals surface area contributed by atoms with Gasteiger partial charge in [-0.05, 0) is 38.8 Å². The molecule has 1 fully saturated rings. The molecular formula is C20H31N5O4S. The van der Waals surface area contributed by atoms with Gasteiger partial charge in [-0.2, -0.15) is 0 Å². The molecule has 0 saturated carbocycles. The van der Waals surface area contributed by atoms with Crippen LogP contribution in [-0.2, 0) is 21.2 Å². The van der Waals surface area contributed by atoms with Gasteiger partial charge in [0.25, 0.3) is 0 Å². The molecular weight excluding hydrogens is 406 g/mol. The number of hydrogen-bond donors (Lipinski definition) is 1. The van der Waals surface area contributed by atoms with E-state index in [2.05, 4.69) is 4.99 Å². The third-order valence-corrected chi connectivity index (χ3v) is 6.81. The fourth-order valence-corrected chi connectivity index (χ4v) is 4.92. The highest BCUT2D eigenvalue weighted by Gasteiger charge is 2.29. The Morgan fingerprint density at radius 1 is 1.10 bits per heavy atom. The molecule has 0 aromatic heterocycles. The first-order valence-electron chi connectivity index (χ1n) is 10.2. The molecule has 1 aromatic carbocycles. The highest BCUT2D eigenvalue weighted by Crippen LogP contribution is 2.29. The summed E-state index contributed by atoms with van der Waals surface area (Å²) in [5, 5.41) is 0. The van der Waals surface area contributed by atoms with Crippen LogP contribution < -0.4 is 10.0 Å². The normalized spacial score (nSPS) is 17.8. The van der Waals surface area contributed by atoms with Crippen LogP contribution in [0.15, 0.2) is 29.3 Å². The summed E-state index contributed by atoms with van der Waals surface area (Å²) < 4.78 is 32.3. The van der Waals surface area contributed by atoms with Crippen LogP contribution in [0.1, 0.15) is 26.3 Å². The van der Waals surface area contributed by atoms with Crippen molar-refractivity contribution in [1.29, 1.82) is 0 Å². The topological polar surface area (TPSA) is 109 Å². The van der Waals surface area contributed by atoms with Gasteiger partial charge >= 0.3 is 6.09 Å². The summed E-state index contributed by atoms with van der Waals surface area (Å²) in [5.41, 5.74) is 7.34. The minimum absolute atomic E-state index is 0.0963. The number of amides is 1. The largest absolute Gasteiger partial charge is 0.444 e. The van der Waals surface area contributed by atoms with Crippen molar-refractivity contribution in [3.63, 3.8) is 0 Å². The minimum atomic E-state index is -3.45. The fourth-order valence-electron chi connectivity index (χ4n) is 3.53. The molecule has 10 heteroatoms. The Balaban J connectivity index is 1.50. The number of fused-ring (bicyclic) bond motifs is 1. The third-order valence-electron chi connectivity index (χ3n) is 5.06. The van der Waals surface area contributed by atoms with Crippen molar-refractivity contribution in [2.45, 2.75) is 32.8 Å². The van der Waals surface area contributed by atoms with Crippen LogP contribution in [0.2, 0.25) is 0 Å². The Bertz CT molecular complexity index is 902. The van der Waals surface area contributed by atoms with Gasteiger partial charge in [0, 0.05) is 32.7 Å². The minimum Gasteiger partial charge on any atom is -0.444 e. The van der Waals surface area contributed by atoms with Gasteiger partial charge in [0.15, 0.2) is 5.96 Å². The van der Waals surface area contributed by atoms with E-state index < -0.39 is 15.6 Å². The number of aliphatic imine (C=N–C) groups is 1. The van der Waals surface area contributed by atoms with E-state index in [0.29, 0.717) is 38.7 Å². The molecule has 0 radical (unpaired) electrons. The maximum Gasteiger partial charge on any atom is 0.410 e. The maximum absolute atomic E-state index is 12.7. The molecule has 3 rings (SSSR count). The van der Waals surface area contributed by atoms with E-state index in [-0.39, 0.29) is 18.4 Å². The van der Waals surface area contributed by atoms with E-state index in [1.807, 2.05) is 49.9 Å². The summed E-state index contributed by atoms with van der Waals surface area (Å²) >= 11 is 0. The lowest BCUT2D eigenvalue weighted by atomic mass is 10.2. The van der Waals surface area contributed by atoms with Gasteiger partial charge in [0.1, 0.15) is 5.60 Å². The van der Waals surface area contributed by atoms with Crippen molar-refractivity contribution in [2.24, 2.45) is 10.7 Å². The lowest BCUT2D eigenvalue weighted by molar-refractivity contribution is 0.0186. The van der Waals surface area contributed by atoms with Gasteiger partial charge in [0.05, 0.1) is 18.0 Å². The Morgan fingerprint density at radius 3 is 2.40 bits per heavy atom. The molecule has 1 saturated heterocycles. The number of ether oxygens (including phenoxy) is 1. The predicted molar refractivity (Wildman–Crippen MR) is 117 cm³/mol. The number of hydrogen-bond acceptors (Lipinski definition) is 5. The first-order chi connectivity index (χ1) is 14.1. The van der Waals surface area contributed by atoms with Crippen LogP contribution in [-0.4, -0.2) is 80.9 Å². The van der Waals surface area contributed by atoms with Crippen LogP contribution in [0, 0.1) is 0 Å². The number of carbonyl (C=O) groups excluding carboxylic acids is 1. The number of para-hydroxylation sites is 1. The molecule has 0 bridgehead atoms. The Morgan fingerprint density at radius 2 is 1.73 bits per heavy atom. The van der Waals surface area contributed by atoms with Crippen molar-refractivity contribution < 1.29 is 17.9 Å². The van der Waals surface area contributed by atoms with Gasteiger partial charge in [-0.25, -0.2) is 13.2 Å². The molecule has 2 aliphatic heterocycles. The van der Waals surface area contributed by atoms with Gasteiger partial charge in [0.2, 0.25) is 10.0 Å². The van der Waals surface area contributed by atoms with E-state index in [9.17, 15) is 13.2 Å². The molecule has 2 aliphatic rings. The zero-order valence-corrected chi connectivity index (χ0v) is 18.7. The average Bonchev–Trinajstić information content (AvgIpc) is 3.11. The van der Waals surface area contributed by atoms with E-state index in [4.69, 9.17) is 10.5 Å². The molecule has 0 spiro atoms. The number of nitrogens with zero attached hydrogens (tertiary/aromatic N) is 4. The molecule has 0 atom stereocenters. The fraction of sp³-hybridized carbons (Fsp3) is 0.600. The Kier molecular flexibility index (Phi) is 6.44. The summed E-state index contributed by atoms with van der Waals surface area (Å²) in [7, 11) is -3.45. The average molecular weight is 438 g/mol. The van der Waals surface area contributed by atoms with Crippen molar-refractivity contribution in [1.82, 2.24) is 9.80 Å². The van der Waals surface area contributed by atoms with Crippen molar-refractivity contribution in [3.05, 3.63) is 29.8 Å². The van der Waals surface area contributed by atoms with Crippen LogP contribution >= 0.6 is 0 Å². The van der Waals surface area contributed by atoms with E-state index in [1.54, 1.807) is 4.90 Å². The van der Waals surface area contributed by atoms with Crippen LogP contribution in [0.3, 0.4) is 0 Å². The second kappa shape index (κ2) is 8.71. The van der Waals surface area contributed by atoms with E-state index in [1.165, 1.54) is 4.31 Å². The summed E-state index contributed by atoms with van der Waals surface area (Å²) in [6.45, 7) is 8.08. The molecule has 1 amide bonds. The Labute approximate surface area is 178 Å². The zero-order chi connectivity index (χ0) is 21.9. The van der Waals surface area contributed by atoms with Crippen molar-refractivity contribution >= 4 is 27.8 Å². The van der Waals surface area contributed by atoms with Crippen molar-refractivity contribution in [3.8, 4) is 0 Å². The summed E-state index contributed by atoms with van der Waals surface area (Å²) in [6, 6.07) is 7.56. The van der Waals surface area contributed by atoms with Gasteiger partial charge in [-0.15, -0.1) is 0 Å². The number of carbonyl (C=O) groups is 1. The van der Waals surface area contributed by atoms with Gasteiger partial charge < -0.3 is 20.3 Å². The maximum atomic E-state index is 12.7. The van der Waals surface area contributed by atoms with E-state index in [0.717, 1.165) is 17.7 Å². The lowest BCUT2D eigenvalue weighted by Gasteiger charge is -2.36. The monoisotopic (exact) mass is 437 g/mol. The van der Waals surface area contributed by atoms with Crippen LogP contribution in [0.4, 0.5) is 10.5 Å². The standard InChI is InChI=1S/C20H31N5O4S/c1-20(2,3)29-19(26)24-13-11-23(12-14-24)18(21)22-9-15-30(27,28)25-10-8-16-6-4-5-7-17(16)25/h4-7H,8-15H2,1-3H3,(H2,21,22). The third kappa shape index (κ3) is 5.35. The highest BCUT2D eigenvalue weighted by atomic mass is 32.2. The zero-order valence-electron chi connectivity index (χ0n) is 17.9. The molecule has 2 heterocycles. The number of anilines is 1. The number of benzene rings is 1. The van der Waals surface area contributed by atoms with Gasteiger partial charge in [-0.3, -0.25) is 9.30 Å². The molecule has 9 nitrogen and oxygen atoms in total. The summed E-state index contributed by atoms with van der Waals surface area (Å²) in [6.07, 6.45) is 0.387. The smallest absolute Gasteiger partial charge is 0.410 e. The van der Waals surface area contributed by atoms with Crippen LogP contribution in [0.5, 0.6) is 0 Å². The van der Waals surface area contributed by atoms with Crippen LogP contribution in [0.25, 0.3) is 0 Å². The predicted octanol–water partition coefficient (Wildman–Crippen LogP) is 1.25. The van der Waals surface area contributed by atoms with Gasteiger partial charge in [-0.1, -0.05) is 18.2 Å². The SMILES string of the molecule is CC(C)(C)OC(=O)N1CCN(C(N)=NCCS(=O)(=O)N2CCc3ccccc32)CC1. The molecule has 0 aliphatic carbocycles. The lowest BCUT2D eigenvalue weighted by Crippen LogP contribution is -2.53. The second-order valence-corrected chi connectivity index (χ2v) is 10.5. The van der Waals surface area contributed by atoms with Crippen molar-refractivity contribution in [2.75, 3.05) is 49.3 Å². The number of nitrogens with two attached hydrogens (primary N) is 1. The quantitative estimate of drug-likeness (QED) is 0.561. The first kappa shape index (κ1) is 22.2. The second-order valence-electron chi connectivity index (χ2n) is 8.46. The number of piperazine rings is 1. The number of sulfonamides is 1.